The molecule has 22 heavy (non-hydrogen) atoms. The quantitative estimate of drug-likeness (QED) is 0.475. The standard InChI is InChI=1S/C16H14N2O4/c1-8-4-5-14-11(6-8)18-12(16(20)22-14)7-13(19)15-9(2)17-10(3)21-15/h4-7,14H,1-3H3/b12-7+. The first-order valence-electron chi connectivity index (χ1n) is 6.80. The zero-order valence-electron chi connectivity index (χ0n) is 12.4. The molecule has 2 heterocycles. The molecule has 0 aromatic carbocycles. The Kier molecular flexibility index (Phi) is 3.36. The van der Waals surface area contributed by atoms with Gasteiger partial charge in [0.05, 0.1) is 11.4 Å². The van der Waals surface area contributed by atoms with E-state index in [4.69, 9.17) is 9.15 Å². The molecule has 1 aromatic heterocycles. The number of aromatic nitrogens is 1. The van der Waals surface area contributed by atoms with E-state index in [9.17, 15) is 9.59 Å². The predicted octanol–water partition coefficient (Wildman–Crippen LogP) is 2.24. The van der Waals surface area contributed by atoms with Crippen LogP contribution < -0.4 is 0 Å². The molecule has 6 nitrogen and oxygen atoms in total. The number of aliphatic imine (C=N–C) groups is 1. The van der Waals surface area contributed by atoms with Gasteiger partial charge in [0.2, 0.25) is 5.78 Å². The van der Waals surface area contributed by atoms with E-state index in [0.717, 1.165) is 11.6 Å². The van der Waals surface area contributed by atoms with E-state index in [-0.39, 0.29) is 11.5 Å². The number of aryl methyl sites for hydroxylation is 2. The zero-order valence-corrected chi connectivity index (χ0v) is 12.4. The maximum atomic E-state index is 12.2. The van der Waals surface area contributed by atoms with Crippen LogP contribution in [0.2, 0.25) is 0 Å². The lowest BCUT2D eigenvalue weighted by Gasteiger charge is -2.22. The number of rotatable bonds is 2. The van der Waals surface area contributed by atoms with Gasteiger partial charge in [-0.3, -0.25) is 4.79 Å². The van der Waals surface area contributed by atoms with Gasteiger partial charge >= 0.3 is 5.97 Å². The SMILES string of the molecule is CC1=CC2=N/C(=C/C(=O)c3oc(C)nc3C)C(=O)OC2C=C1. The number of nitrogens with zero attached hydrogens (tertiary/aromatic N) is 2. The van der Waals surface area contributed by atoms with Gasteiger partial charge in [-0.1, -0.05) is 6.08 Å². The predicted molar refractivity (Wildman–Crippen MR) is 78.6 cm³/mol. The van der Waals surface area contributed by atoms with E-state index < -0.39 is 17.9 Å². The lowest BCUT2D eigenvalue weighted by atomic mass is 10.0. The fourth-order valence-corrected chi connectivity index (χ4v) is 2.30. The van der Waals surface area contributed by atoms with Crippen LogP contribution >= 0.6 is 0 Å². The zero-order chi connectivity index (χ0) is 15.9. The van der Waals surface area contributed by atoms with E-state index in [1.807, 2.05) is 19.1 Å². The second-order valence-corrected chi connectivity index (χ2v) is 5.15. The largest absolute Gasteiger partial charge is 0.447 e. The number of carbonyl (C=O) groups is 2. The van der Waals surface area contributed by atoms with Gasteiger partial charge in [0.15, 0.2) is 23.5 Å². The average Bonchev–Trinajstić information content (AvgIpc) is 2.79. The highest BCUT2D eigenvalue weighted by Crippen LogP contribution is 2.21. The molecule has 1 atom stereocenters. The molecule has 0 saturated heterocycles. The highest BCUT2D eigenvalue weighted by Gasteiger charge is 2.28. The van der Waals surface area contributed by atoms with Gasteiger partial charge in [0.25, 0.3) is 0 Å². The first-order valence-corrected chi connectivity index (χ1v) is 6.80. The van der Waals surface area contributed by atoms with Crippen molar-refractivity contribution in [1.29, 1.82) is 0 Å². The van der Waals surface area contributed by atoms with E-state index in [2.05, 4.69) is 9.98 Å². The van der Waals surface area contributed by atoms with E-state index in [0.29, 0.717) is 17.3 Å². The first-order chi connectivity index (χ1) is 10.4. The van der Waals surface area contributed by atoms with Crippen LogP contribution in [0.3, 0.4) is 0 Å². The van der Waals surface area contributed by atoms with Crippen molar-refractivity contribution in [3.8, 4) is 0 Å². The van der Waals surface area contributed by atoms with Gasteiger partial charge in [-0.2, -0.15) is 0 Å². The third kappa shape index (κ3) is 2.55. The van der Waals surface area contributed by atoms with Gasteiger partial charge in [0.1, 0.15) is 0 Å². The lowest BCUT2D eigenvalue weighted by Crippen LogP contribution is -2.31. The van der Waals surface area contributed by atoms with Crippen molar-refractivity contribution in [2.75, 3.05) is 0 Å². The maximum Gasteiger partial charge on any atom is 0.358 e. The number of esters is 1. The van der Waals surface area contributed by atoms with Crippen LogP contribution in [0.5, 0.6) is 0 Å². The molecule has 0 bridgehead atoms. The third-order valence-electron chi connectivity index (χ3n) is 3.29. The van der Waals surface area contributed by atoms with E-state index >= 15 is 0 Å². The second kappa shape index (κ2) is 5.22. The Morgan fingerprint density at radius 3 is 2.77 bits per heavy atom. The second-order valence-electron chi connectivity index (χ2n) is 5.15. The Hall–Kier alpha value is -2.76. The van der Waals surface area contributed by atoms with Crippen LogP contribution in [0.15, 0.2) is 45.0 Å². The molecule has 0 radical (unpaired) electrons. The summed E-state index contributed by atoms with van der Waals surface area (Å²) in [5.41, 5.74) is 2.04. The summed E-state index contributed by atoms with van der Waals surface area (Å²) in [6, 6.07) is 0. The van der Waals surface area contributed by atoms with E-state index in [1.165, 1.54) is 0 Å². The van der Waals surface area contributed by atoms with Crippen LogP contribution in [0.4, 0.5) is 0 Å². The molecule has 1 aromatic rings. The highest BCUT2D eigenvalue weighted by molar-refractivity contribution is 6.12. The smallest absolute Gasteiger partial charge is 0.358 e. The van der Waals surface area contributed by atoms with Crippen molar-refractivity contribution < 1.29 is 18.7 Å². The number of carbonyl (C=O) groups excluding carboxylic acids is 2. The van der Waals surface area contributed by atoms with Crippen molar-refractivity contribution in [3.05, 3.63) is 52.9 Å². The third-order valence-corrected chi connectivity index (χ3v) is 3.29. The number of fused-ring (bicyclic) bond motifs is 1. The summed E-state index contributed by atoms with van der Waals surface area (Å²) < 4.78 is 10.5. The molecule has 1 aliphatic heterocycles. The topological polar surface area (TPSA) is 81.8 Å². The summed E-state index contributed by atoms with van der Waals surface area (Å²) in [5, 5.41) is 0. The van der Waals surface area contributed by atoms with E-state index in [1.54, 1.807) is 19.9 Å². The summed E-state index contributed by atoms with van der Waals surface area (Å²) in [6.07, 6.45) is 6.07. The van der Waals surface area contributed by atoms with Gasteiger partial charge in [-0.05, 0) is 31.6 Å². The Bertz CT molecular complexity index is 793. The molecule has 2 aliphatic rings. The van der Waals surface area contributed by atoms with Crippen molar-refractivity contribution in [2.24, 2.45) is 4.99 Å². The number of allylic oxidation sites excluding steroid dienone is 3. The lowest BCUT2D eigenvalue weighted by molar-refractivity contribution is -0.140. The minimum Gasteiger partial charge on any atom is -0.447 e. The van der Waals surface area contributed by atoms with Gasteiger partial charge < -0.3 is 9.15 Å². The average molecular weight is 298 g/mol. The summed E-state index contributed by atoms with van der Waals surface area (Å²) in [4.78, 5) is 32.4. The van der Waals surface area contributed by atoms with Crippen LogP contribution in [-0.2, 0) is 9.53 Å². The van der Waals surface area contributed by atoms with Crippen molar-refractivity contribution in [2.45, 2.75) is 26.9 Å². The monoisotopic (exact) mass is 298 g/mol. The summed E-state index contributed by atoms with van der Waals surface area (Å²) >= 11 is 0. The highest BCUT2D eigenvalue weighted by atomic mass is 16.5. The number of hydrogen-bond acceptors (Lipinski definition) is 6. The fourth-order valence-electron chi connectivity index (χ4n) is 2.30. The minimum atomic E-state index is -0.631. The first kappa shape index (κ1) is 14.2. The van der Waals surface area contributed by atoms with Crippen LogP contribution in [-0.4, -0.2) is 28.6 Å². The van der Waals surface area contributed by atoms with Crippen LogP contribution in [0.1, 0.15) is 29.1 Å². The molecular weight excluding hydrogens is 284 g/mol. The number of ether oxygens (including phenoxy) is 1. The molecule has 0 spiro atoms. The molecule has 112 valence electrons. The fraction of sp³-hybridized carbons (Fsp3) is 0.250. The Morgan fingerprint density at radius 2 is 2.09 bits per heavy atom. The van der Waals surface area contributed by atoms with Gasteiger partial charge in [0, 0.05) is 13.0 Å². The van der Waals surface area contributed by atoms with Crippen LogP contribution in [0, 0.1) is 13.8 Å². The minimum absolute atomic E-state index is 0.0379. The number of hydrogen-bond donors (Lipinski definition) is 0. The maximum absolute atomic E-state index is 12.2. The van der Waals surface area contributed by atoms with Crippen molar-refractivity contribution in [3.63, 3.8) is 0 Å². The molecule has 0 fully saturated rings. The number of oxazole rings is 1. The molecular formula is C16H14N2O4. The normalized spacial score (nSPS) is 22.0. The molecule has 0 N–H and O–H groups in total. The summed E-state index contributed by atoms with van der Waals surface area (Å²) in [5.74, 6) is -0.586. The molecule has 3 rings (SSSR count). The summed E-state index contributed by atoms with van der Waals surface area (Å²) in [7, 11) is 0. The molecule has 1 aliphatic carbocycles. The Morgan fingerprint density at radius 1 is 1.32 bits per heavy atom. The molecule has 1 unspecified atom stereocenters. The Labute approximate surface area is 126 Å². The van der Waals surface area contributed by atoms with Gasteiger partial charge in [-0.25, -0.2) is 14.8 Å². The van der Waals surface area contributed by atoms with Crippen LogP contribution in [0.25, 0.3) is 0 Å². The molecule has 6 heteroatoms. The molecule has 0 saturated carbocycles. The van der Waals surface area contributed by atoms with Crippen molar-refractivity contribution in [1.82, 2.24) is 4.98 Å². The Balaban J connectivity index is 1.95. The van der Waals surface area contributed by atoms with Crippen molar-refractivity contribution >= 4 is 17.5 Å². The summed E-state index contributed by atoms with van der Waals surface area (Å²) in [6.45, 7) is 5.24. The molecule has 0 amide bonds. The number of ketones is 1. The van der Waals surface area contributed by atoms with Gasteiger partial charge in [-0.15, -0.1) is 0 Å².